The molecule has 2 aliphatic rings. The van der Waals surface area contributed by atoms with Crippen molar-refractivity contribution in [1.82, 2.24) is 9.80 Å². The maximum Gasteiger partial charge on any atom is 0.263 e. The number of thiophene rings is 1. The number of fused-ring (bicyclic) bond motifs is 1. The first-order chi connectivity index (χ1) is 15.1. The third kappa shape index (κ3) is 3.86. The molecule has 0 N–H and O–H groups in total. The number of hydrogen-bond donors (Lipinski definition) is 0. The van der Waals surface area contributed by atoms with Crippen molar-refractivity contribution < 1.29 is 14.0 Å². The summed E-state index contributed by atoms with van der Waals surface area (Å²) in [5.74, 6) is -0.659. The molecule has 7 heteroatoms. The number of benzene rings is 2. The van der Waals surface area contributed by atoms with Crippen LogP contribution in [-0.4, -0.2) is 47.8 Å². The fourth-order valence-corrected chi connectivity index (χ4v) is 4.99. The lowest BCUT2D eigenvalue weighted by Gasteiger charge is -2.36. The van der Waals surface area contributed by atoms with Gasteiger partial charge in [-0.1, -0.05) is 18.2 Å². The smallest absolute Gasteiger partial charge is 0.263 e. The van der Waals surface area contributed by atoms with Gasteiger partial charge in [0, 0.05) is 32.7 Å². The fourth-order valence-electron chi connectivity index (χ4n) is 4.33. The van der Waals surface area contributed by atoms with E-state index < -0.39 is 0 Å². The second-order valence-corrected chi connectivity index (χ2v) is 8.70. The molecule has 0 saturated carbocycles. The summed E-state index contributed by atoms with van der Waals surface area (Å²) in [6.45, 7) is 4.11. The van der Waals surface area contributed by atoms with Crippen molar-refractivity contribution in [3.05, 3.63) is 87.4 Å². The van der Waals surface area contributed by atoms with Gasteiger partial charge in [0.15, 0.2) is 0 Å². The lowest BCUT2D eigenvalue weighted by molar-refractivity contribution is 0.0642. The predicted molar refractivity (Wildman–Crippen MR) is 119 cm³/mol. The summed E-state index contributed by atoms with van der Waals surface area (Å²) < 4.78 is 13.5. The summed E-state index contributed by atoms with van der Waals surface area (Å²) in [7, 11) is 0. The molecule has 0 spiro atoms. The maximum atomic E-state index is 13.5. The molecule has 0 atom stereocenters. The van der Waals surface area contributed by atoms with Gasteiger partial charge < -0.3 is 4.90 Å². The van der Waals surface area contributed by atoms with Crippen LogP contribution in [0.5, 0.6) is 0 Å². The molecule has 158 valence electrons. The van der Waals surface area contributed by atoms with Crippen LogP contribution in [-0.2, 0) is 13.1 Å². The zero-order chi connectivity index (χ0) is 21.4. The van der Waals surface area contributed by atoms with Crippen LogP contribution in [0.25, 0.3) is 0 Å². The molecule has 5 rings (SSSR count). The molecule has 3 aromatic rings. The number of imide groups is 1. The van der Waals surface area contributed by atoms with Crippen LogP contribution in [0.3, 0.4) is 0 Å². The van der Waals surface area contributed by atoms with Gasteiger partial charge in [-0.15, -0.1) is 0 Å². The Balaban J connectivity index is 1.31. The molecule has 1 saturated heterocycles. The van der Waals surface area contributed by atoms with E-state index in [1.807, 2.05) is 35.0 Å². The summed E-state index contributed by atoms with van der Waals surface area (Å²) in [5.41, 5.74) is 3.75. The van der Waals surface area contributed by atoms with Gasteiger partial charge in [-0.25, -0.2) is 4.39 Å². The zero-order valence-electron chi connectivity index (χ0n) is 17.0. The molecular weight excluding hydrogens is 413 g/mol. The van der Waals surface area contributed by atoms with E-state index in [1.54, 1.807) is 29.5 Å². The SMILES string of the molecule is O=C1c2cccc(N3CCN(Cc4cccc(F)c4)CC3)c2C(=O)N1Cc1ccsc1. The molecule has 3 heterocycles. The van der Waals surface area contributed by atoms with E-state index in [2.05, 4.69) is 9.80 Å². The van der Waals surface area contributed by atoms with Gasteiger partial charge in [-0.2, -0.15) is 11.3 Å². The Morgan fingerprint density at radius 1 is 0.871 bits per heavy atom. The number of hydrogen-bond acceptors (Lipinski definition) is 5. The molecule has 31 heavy (non-hydrogen) atoms. The van der Waals surface area contributed by atoms with Crippen LogP contribution in [0.15, 0.2) is 59.3 Å². The first-order valence-corrected chi connectivity index (χ1v) is 11.3. The van der Waals surface area contributed by atoms with Crippen LogP contribution in [0.2, 0.25) is 0 Å². The Bertz CT molecular complexity index is 1120. The normalized spacial score (nSPS) is 16.8. The number of halogens is 1. The second-order valence-electron chi connectivity index (χ2n) is 7.92. The van der Waals surface area contributed by atoms with E-state index in [0.29, 0.717) is 24.2 Å². The molecule has 2 aliphatic heterocycles. The topological polar surface area (TPSA) is 43.9 Å². The third-order valence-electron chi connectivity index (χ3n) is 5.91. The largest absolute Gasteiger partial charge is 0.368 e. The highest BCUT2D eigenvalue weighted by Crippen LogP contribution is 2.33. The number of amides is 2. The molecule has 1 aromatic heterocycles. The maximum absolute atomic E-state index is 13.5. The van der Waals surface area contributed by atoms with Gasteiger partial charge in [0.2, 0.25) is 0 Å². The van der Waals surface area contributed by atoms with Crippen molar-refractivity contribution in [3.63, 3.8) is 0 Å². The van der Waals surface area contributed by atoms with Crippen molar-refractivity contribution in [1.29, 1.82) is 0 Å². The summed E-state index contributed by atoms with van der Waals surface area (Å²) >= 11 is 1.55. The highest BCUT2D eigenvalue weighted by atomic mass is 32.1. The number of rotatable bonds is 5. The lowest BCUT2D eigenvalue weighted by atomic mass is 10.1. The van der Waals surface area contributed by atoms with E-state index >= 15 is 0 Å². The minimum absolute atomic E-state index is 0.217. The van der Waals surface area contributed by atoms with Crippen LogP contribution in [0, 0.1) is 5.82 Å². The first kappa shape index (κ1) is 19.9. The summed E-state index contributed by atoms with van der Waals surface area (Å²) in [6, 6.07) is 14.2. The van der Waals surface area contributed by atoms with E-state index in [1.165, 1.54) is 11.0 Å². The van der Waals surface area contributed by atoms with Gasteiger partial charge in [-0.05, 0) is 52.2 Å². The van der Waals surface area contributed by atoms with Gasteiger partial charge >= 0.3 is 0 Å². The van der Waals surface area contributed by atoms with Gasteiger partial charge in [0.05, 0.1) is 23.4 Å². The number of carbonyl (C=O) groups excluding carboxylic acids is 2. The Kier molecular flexibility index (Phi) is 5.29. The van der Waals surface area contributed by atoms with Gasteiger partial charge in [-0.3, -0.25) is 19.4 Å². The van der Waals surface area contributed by atoms with Crippen molar-refractivity contribution in [2.75, 3.05) is 31.1 Å². The summed E-state index contributed by atoms with van der Waals surface area (Å²) in [4.78, 5) is 31.9. The molecule has 2 amide bonds. The zero-order valence-corrected chi connectivity index (χ0v) is 17.8. The molecule has 5 nitrogen and oxygen atoms in total. The van der Waals surface area contributed by atoms with Crippen LogP contribution in [0.4, 0.5) is 10.1 Å². The monoisotopic (exact) mass is 435 g/mol. The quantitative estimate of drug-likeness (QED) is 0.568. The third-order valence-corrected chi connectivity index (χ3v) is 6.64. The van der Waals surface area contributed by atoms with Crippen molar-refractivity contribution in [2.45, 2.75) is 13.1 Å². The number of carbonyl (C=O) groups is 2. The van der Waals surface area contributed by atoms with E-state index in [9.17, 15) is 14.0 Å². The minimum atomic E-state index is -0.224. The average molecular weight is 436 g/mol. The highest BCUT2D eigenvalue weighted by Gasteiger charge is 2.38. The molecule has 0 unspecified atom stereocenters. The molecule has 0 radical (unpaired) electrons. The lowest BCUT2D eigenvalue weighted by Crippen LogP contribution is -2.46. The summed E-state index contributed by atoms with van der Waals surface area (Å²) in [6.07, 6.45) is 0. The Labute approximate surface area is 184 Å². The molecule has 2 aromatic carbocycles. The van der Waals surface area contributed by atoms with Crippen molar-refractivity contribution in [3.8, 4) is 0 Å². The van der Waals surface area contributed by atoms with E-state index in [0.717, 1.165) is 43.0 Å². The highest BCUT2D eigenvalue weighted by molar-refractivity contribution is 7.07. The van der Waals surface area contributed by atoms with Gasteiger partial charge in [0.25, 0.3) is 11.8 Å². The van der Waals surface area contributed by atoms with Crippen LogP contribution in [0.1, 0.15) is 31.8 Å². The number of piperazine rings is 1. The Morgan fingerprint density at radius 3 is 2.42 bits per heavy atom. The molecular formula is C24H22FN3O2S. The average Bonchev–Trinajstić information content (AvgIpc) is 3.37. The summed E-state index contributed by atoms with van der Waals surface area (Å²) in [5, 5.41) is 3.91. The van der Waals surface area contributed by atoms with Crippen molar-refractivity contribution >= 4 is 28.8 Å². The van der Waals surface area contributed by atoms with Gasteiger partial charge in [0.1, 0.15) is 5.82 Å². The number of anilines is 1. The van der Waals surface area contributed by atoms with E-state index in [-0.39, 0.29) is 17.6 Å². The Morgan fingerprint density at radius 2 is 1.68 bits per heavy atom. The molecule has 0 bridgehead atoms. The van der Waals surface area contributed by atoms with Crippen LogP contribution < -0.4 is 4.90 Å². The molecule has 0 aliphatic carbocycles. The first-order valence-electron chi connectivity index (χ1n) is 10.3. The molecule has 1 fully saturated rings. The van der Waals surface area contributed by atoms with Crippen LogP contribution >= 0.6 is 11.3 Å². The minimum Gasteiger partial charge on any atom is -0.368 e. The van der Waals surface area contributed by atoms with Crippen molar-refractivity contribution in [2.24, 2.45) is 0 Å². The fraction of sp³-hybridized carbons (Fsp3) is 0.250. The standard InChI is InChI=1S/C24H22FN3O2S/c25-19-4-1-3-17(13-19)14-26-8-10-27(11-9-26)21-6-2-5-20-22(21)24(30)28(23(20)29)15-18-7-12-31-16-18/h1-7,12-13,16H,8-11,14-15H2. The predicted octanol–water partition coefficient (Wildman–Crippen LogP) is 4.01. The second kappa shape index (κ2) is 8.24. The Hall–Kier alpha value is -3.03. The number of nitrogens with zero attached hydrogens (tertiary/aromatic N) is 3. The van der Waals surface area contributed by atoms with E-state index in [4.69, 9.17) is 0 Å².